The lowest BCUT2D eigenvalue weighted by atomic mass is 9.88. The Hall–Kier alpha value is -4.60. The second kappa shape index (κ2) is 16.1. The van der Waals surface area contributed by atoms with Gasteiger partial charge in [0.1, 0.15) is 0 Å². The highest BCUT2D eigenvalue weighted by Gasteiger charge is 2.25. The van der Waals surface area contributed by atoms with Crippen molar-refractivity contribution in [3.05, 3.63) is 187 Å². The fourth-order valence-electron chi connectivity index (χ4n) is 9.15. The Balaban J connectivity index is 1.40. The fraction of sp³-hybridized carbons (Fsp3) is 0.222. The van der Waals surface area contributed by atoms with Gasteiger partial charge in [0.15, 0.2) is 0 Å². The minimum absolute atomic E-state index is 0.688. The molecule has 0 saturated carbocycles. The molecule has 0 amide bonds. The van der Waals surface area contributed by atoms with E-state index < -0.39 is 15.8 Å². The van der Waals surface area contributed by atoms with Crippen molar-refractivity contribution in [1.29, 1.82) is 0 Å². The van der Waals surface area contributed by atoms with E-state index in [-0.39, 0.29) is 0 Å². The summed E-state index contributed by atoms with van der Waals surface area (Å²) in [6.07, 6.45) is 9.16. The zero-order valence-corrected chi connectivity index (χ0v) is 36.2. The lowest BCUT2D eigenvalue weighted by Crippen LogP contribution is -2.30. The third kappa shape index (κ3) is 8.12. The Labute approximate surface area is 337 Å². The Morgan fingerprint density at radius 1 is 0.393 bits per heavy atom. The molecule has 0 fully saturated rings. The topological polar surface area (TPSA) is 0 Å². The molecule has 2 heteroatoms. The Kier molecular flexibility index (Phi) is 11.0. The van der Waals surface area contributed by atoms with Gasteiger partial charge in [-0.25, -0.2) is 0 Å². The molecule has 280 valence electrons. The summed E-state index contributed by atoms with van der Waals surface area (Å²) in [5, 5.41) is 11.3. The maximum atomic E-state index is 2.55. The van der Waals surface area contributed by atoms with E-state index in [1.54, 1.807) is 0 Å². The smallest absolute Gasteiger partial charge is 0.00138 e. The van der Waals surface area contributed by atoms with E-state index in [9.17, 15) is 0 Å². The first kappa shape index (κ1) is 38.3. The van der Waals surface area contributed by atoms with Gasteiger partial charge in [0.25, 0.3) is 0 Å². The number of hydrogen-bond acceptors (Lipinski definition) is 0. The molecule has 7 aromatic rings. The van der Waals surface area contributed by atoms with Crippen LogP contribution in [-0.4, -0.2) is 0 Å². The lowest BCUT2D eigenvalue weighted by molar-refractivity contribution is 1.11. The van der Waals surface area contributed by atoms with Crippen molar-refractivity contribution in [1.82, 2.24) is 0 Å². The van der Waals surface area contributed by atoms with Gasteiger partial charge in [0.05, 0.1) is 0 Å². The van der Waals surface area contributed by atoms with Crippen LogP contribution in [0.5, 0.6) is 0 Å². The highest BCUT2D eigenvalue weighted by molar-refractivity contribution is 7.72. The highest BCUT2D eigenvalue weighted by Crippen LogP contribution is 2.46. The molecule has 0 aliphatic heterocycles. The van der Waals surface area contributed by atoms with Crippen LogP contribution in [0.3, 0.4) is 0 Å². The highest BCUT2D eigenvalue weighted by atomic mass is 31.1. The molecule has 8 rings (SSSR count). The SMILES string of the molecule is Cc1cc(C)cc(P(Cc2ccc3c(c2-c2c(CP(c4cc(C)cc(C)c4)c4cc(C)cc(C)c4)ccc4ccccc24)=CCCC=3)c2cc(C)cc(C)c2)c1. The average Bonchev–Trinajstić information content (AvgIpc) is 3.14. The summed E-state index contributed by atoms with van der Waals surface area (Å²) in [5.74, 6) is 0. The van der Waals surface area contributed by atoms with Crippen molar-refractivity contribution < 1.29 is 0 Å². The summed E-state index contributed by atoms with van der Waals surface area (Å²) in [7, 11) is -1.38. The van der Waals surface area contributed by atoms with Gasteiger partial charge in [-0.2, -0.15) is 0 Å². The van der Waals surface area contributed by atoms with Crippen molar-refractivity contribution in [2.24, 2.45) is 0 Å². The molecule has 56 heavy (non-hydrogen) atoms. The van der Waals surface area contributed by atoms with Crippen LogP contribution in [0.1, 0.15) is 68.5 Å². The fourth-order valence-corrected chi connectivity index (χ4v) is 14.6. The molecular weight excluding hydrogens is 711 g/mol. The van der Waals surface area contributed by atoms with E-state index in [4.69, 9.17) is 0 Å². The molecule has 0 N–H and O–H groups in total. The second-order valence-corrected chi connectivity index (χ2v) is 20.9. The van der Waals surface area contributed by atoms with Gasteiger partial charge in [0.2, 0.25) is 0 Å². The first-order valence-corrected chi connectivity index (χ1v) is 23.3. The Morgan fingerprint density at radius 3 is 1.25 bits per heavy atom. The largest absolute Gasteiger partial charge is 0.0763 e. The minimum Gasteiger partial charge on any atom is -0.0763 e. The second-order valence-electron chi connectivity index (χ2n) is 16.5. The van der Waals surface area contributed by atoms with Crippen LogP contribution in [0.4, 0.5) is 0 Å². The predicted molar refractivity (Wildman–Crippen MR) is 250 cm³/mol. The van der Waals surface area contributed by atoms with Crippen molar-refractivity contribution in [2.45, 2.75) is 80.6 Å². The van der Waals surface area contributed by atoms with Gasteiger partial charge in [-0.3, -0.25) is 0 Å². The quantitative estimate of drug-likeness (QED) is 0.128. The van der Waals surface area contributed by atoms with Crippen LogP contribution in [0, 0.1) is 55.4 Å². The summed E-state index contributed by atoms with van der Waals surface area (Å²) in [6.45, 7) is 18.0. The predicted octanol–water partition coefficient (Wildman–Crippen LogP) is 11.6. The van der Waals surface area contributed by atoms with Gasteiger partial charge < -0.3 is 0 Å². The number of fused-ring (bicyclic) bond motifs is 2. The number of hydrogen-bond donors (Lipinski definition) is 0. The van der Waals surface area contributed by atoms with Crippen molar-refractivity contribution in [2.75, 3.05) is 0 Å². The minimum atomic E-state index is -0.692. The lowest BCUT2D eigenvalue weighted by Gasteiger charge is -2.26. The first-order valence-electron chi connectivity index (χ1n) is 20.2. The molecule has 0 nitrogen and oxygen atoms in total. The Bertz CT molecular complexity index is 2570. The molecule has 1 aliphatic rings. The summed E-state index contributed by atoms with van der Waals surface area (Å²) < 4.78 is 0. The molecule has 0 spiro atoms. The van der Waals surface area contributed by atoms with Crippen molar-refractivity contribution in [3.63, 3.8) is 0 Å². The maximum Gasteiger partial charge on any atom is 0.00138 e. The molecule has 0 heterocycles. The van der Waals surface area contributed by atoms with E-state index >= 15 is 0 Å². The van der Waals surface area contributed by atoms with Crippen LogP contribution >= 0.6 is 15.8 Å². The first-order chi connectivity index (χ1) is 27.0. The van der Waals surface area contributed by atoms with E-state index in [2.05, 4.69) is 189 Å². The third-order valence-corrected chi connectivity index (χ3v) is 16.1. The summed E-state index contributed by atoms with van der Waals surface area (Å²) in [6, 6.07) is 47.8. The molecule has 7 aromatic carbocycles. The average molecular weight is 765 g/mol. The van der Waals surface area contributed by atoms with E-state index in [1.807, 2.05) is 0 Å². The van der Waals surface area contributed by atoms with E-state index in [0.29, 0.717) is 0 Å². The van der Waals surface area contributed by atoms with Crippen LogP contribution < -0.4 is 31.7 Å². The van der Waals surface area contributed by atoms with Crippen molar-refractivity contribution in [3.8, 4) is 11.1 Å². The van der Waals surface area contributed by atoms with Crippen molar-refractivity contribution >= 4 is 60.0 Å². The molecule has 0 bridgehead atoms. The van der Waals surface area contributed by atoms with E-state index in [0.717, 1.165) is 25.2 Å². The van der Waals surface area contributed by atoms with Crippen LogP contribution in [0.2, 0.25) is 0 Å². The standard InChI is InChI=1S/C54H54P2/c1-35-21-36(2)26-47(25-35)55(48-27-37(3)22-38(4)28-48)33-45-19-17-43-13-9-11-15-51(43)53(45)54-46(20-18-44-14-10-12-16-52(44)54)34-56(49-29-39(5)23-40(6)30-49)50-31-41(7)24-42(8)32-50/h9,11,13-32H,10,12,33-34H2,1-8H3. The number of rotatable bonds is 9. The third-order valence-electron chi connectivity index (χ3n) is 11.2. The summed E-state index contributed by atoms with van der Waals surface area (Å²) >= 11 is 0. The number of aryl methyl sites for hydroxylation is 8. The summed E-state index contributed by atoms with van der Waals surface area (Å²) in [4.78, 5) is 0. The van der Waals surface area contributed by atoms with Gasteiger partial charge >= 0.3 is 0 Å². The van der Waals surface area contributed by atoms with Crippen LogP contribution in [0.15, 0.2) is 121 Å². The van der Waals surface area contributed by atoms with Gasteiger partial charge in [0, 0.05) is 12.3 Å². The molecule has 0 radical (unpaired) electrons. The Morgan fingerprint density at radius 2 is 0.786 bits per heavy atom. The molecule has 0 unspecified atom stereocenters. The van der Waals surface area contributed by atoms with Gasteiger partial charge in [-0.05, 0) is 149 Å². The van der Waals surface area contributed by atoms with Gasteiger partial charge in [-0.15, -0.1) is 0 Å². The zero-order valence-electron chi connectivity index (χ0n) is 34.4. The van der Waals surface area contributed by atoms with Crippen LogP contribution in [-0.2, 0) is 12.3 Å². The number of benzene rings is 7. The normalized spacial score (nSPS) is 12.5. The summed E-state index contributed by atoms with van der Waals surface area (Å²) in [5.41, 5.74) is 16.5. The van der Waals surface area contributed by atoms with Crippen LogP contribution in [0.25, 0.3) is 34.1 Å². The van der Waals surface area contributed by atoms with E-state index in [1.165, 1.54) is 109 Å². The zero-order chi connectivity index (χ0) is 39.1. The maximum absolute atomic E-state index is 2.55. The molecule has 0 aromatic heterocycles. The molecule has 0 atom stereocenters. The monoisotopic (exact) mass is 764 g/mol. The molecule has 0 saturated heterocycles. The molecule has 1 aliphatic carbocycles. The van der Waals surface area contributed by atoms with Gasteiger partial charge in [-0.1, -0.05) is 178 Å². The molecular formula is C54H54P2.